The minimum Gasteiger partial charge on any atom is -0.225 e. The van der Waals surface area contributed by atoms with Crippen LogP contribution in [0.4, 0.5) is 0 Å². The van der Waals surface area contributed by atoms with E-state index < -0.39 is 20.0 Å². The van der Waals surface area contributed by atoms with Gasteiger partial charge in [-0.05, 0) is 29.0 Å². The van der Waals surface area contributed by atoms with E-state index in [0.29, 0.717) is 0 Å². The third-order valence-electron chi connectivity index (χ3n) is 4.74. The second kappa shape index (κ2) is 4.52. The molecule has 1 aromatic carbocycles. The van der Waals surface area contributed by atoms with Gasteiger partial charge < -0.3 is 0 Å². The maximum absolute atomic E-state index is 12.4. The van der Waals surface area contributed by atoms with Gasteiger partial charge in [0.2, 0.25) is 20.0 Å². The molecule has 0 saturated heterocycles. The average molecular weight is 332 g/mol. The van der Waals surface area contributed by atoms with Crippen LogP contribution >= 0.6 is 0 Å². The minimum atomic E-state index is -3.94. The summed E-state index contributed by atoms with van der Waals surface area (Å²) in [5.41, 5.74) is -0.310. The first-order chi connectivity index (χ1) is 9.30. The number of rotatable bonds is 4. The van der Waals surface area contributed by atoms with Crippen molar-refractivity contribution in [3.63, 3.8) is 0 Å². The van der Waals surface area contributed by atoms with Crippen LogP contribution < -0.4 is 9.86 Å². The van der Waals surface area contributed by atoms with E-state index in [2.05, 4.69) is 4.72 Å². The van der Waals surface area contributed by atoms with E-state index in [9.17, 15) is 16.8 Å². The number of sulfonamides is 2. The lowest BCUT2D eigenvalue weighted by atomic mass is 10.0. The van der Waals surface area contributed by atoms with E-state index in [1.54, 1.807) is 0 Å². The predicted octanol–water partition coefficient (Wildman–Crippen LogP) is 1.05. The SMILES string of the molecule is CC1(C)C(NS(=O)(=O)c2cccc(S(N)(=O)=O)c2)C1(C)C. The van der Waals surface area contributed by atoms with Crippen molar-refractivity contribution < 1.29 is 16.8 Å². The van der Waals surface area contributed by atoms with Crippen molar-refractivity contribution >= 4 is 20.0 Å². The Bertz CT molecular complexity index is 766. The molecule has 0 atom stereocenters. The molecule has 1 aliphatic rings. The lowest BCUT2D eigenvalue weighted by Gasteiger charge is -2.09. The van der Waals surface area contributed by atoms with Gasteiger partial charge in [-0.1, -0.05) is 33.8 Å². The zero-order valence-corrected chi connectivity index (χ0v) is 14.0. The molecule has 1 aromatic rings. The van der Waals surface area contributed by atoms with Crippen LogP contribution in [0.5, 0.6) is 0 Å². The molecule has 0 amide bonds. The largest absolute Gasteiger partial charge is 0.240 e. The van der Waals surface area contributed by atoms with Crippen LogP contribution in [0.25, 0.3) is 0 Å². The molecule has 0 unspecified atom stereocenters. The quantitative estimate of drug-likeness (QED) is 0.859. The van der Waals surface area contributed by atoms with Crippen LogP contribution in [0.2, 0.25) is 0 Å². The summed E-state index contributed by atoms with van der Waals surface area (Å²) in [5, 5.41) is 5.03. The molecule has 1 fully saturated rings. The van der Waals surface area contributed by atoms with Crippen molar-refractivity contribution in [2.75, 3.05) is 0 Å². The van der Waals surface area contributed by atoms with Gasteiger partial charge in [0.1, 0.15) is 0 Å². The number of nitrogens with two attached hydrogens (primary N) is 1. The molecule has 21 heavy (non-hydrogen) atoms. The van der Waals surface area contributed by atoms with E-state index in [1.165, 1.54) is 18.2 Å². The molecule has 0 spiro atoms. The van der Waals surface area contributed by atoms with Gasteiger partial charge in [0.15, 0.2) is 0 Å². The summed E-state index contributed by atoms with van der Waals surface area (Å²) in [6.45, 7) is 7.95. The number of benzene rings is 1. The van der Waals surface area contributed by atoms with Gasteiger partial charge in [-0.25, -0.2) is 26.7 Å². The first kappa shape index (κ1) is 16.4. The maximum atomic E-state index is 12.4. The van der Waals surface area contributed by atoms with Crippen LogP contribution in [-0.2, 0) is 20.0 Å². The van der Waals surface area contributed by atoms with Gasteiger partial charge in [0, 0.05) is 6.04 Å². The van der Waals surface area contributed by atoms with Gasteiger partial charge in [0.05, 0.1) is 9.79 Å². The Morgan fingerprint density at radius 1 is 1.00 bits per heavy atom. The molecule has 0 aliphatic heterocycles. The topological polar surface area (TPSA) is 106 Å². The van der Waals surface area contributed by atoms with Gasteiger partial charge in [0.25, 0.3) is 0 Å². The zero-order chi connectivity index (χ0) is 16.3. The predicted molar refractivity (Wildman–Crippen MR) is 79.5 cm³/mol. The molecule has 2 rings (SSSR count). The molecule has 1 saturated carbocycles. The molecular formula is C13H20N2O4S2. The van der Waals surface area contributed by atoms with Crippen LogP contribution in [0, 0.1) is 10.8 Å². The average Bonchev–Trinajstić information content (AvgIpc) is 2.70. The molecule has 8 heteroatoms. The fourth-order valence-electron chi connectivity index (χ4n) is 2.53. The van der Waals surface area contributed by atoms with Crippen LogP contribution in [0.15, 0.2) is 34.1 Å². The number of hydrogen-bond acceptors (Lipinski definition) is 4. The number of primary sulfonamides is 1. The Kier molecular flexibility index (Phi) is 3.53. The van der Waals surface area contributed by atoms with Crippen molar-refractivity contribution in [1.82, 2.24) is 4.72 Å². The molecule has 0 bridgehead atoms. The second-order valence-electron chi connectivity index (χ2n) is 6.52. The molecular weight excluding hydrogens is 312 g/mol. The van der Waals surface area contributed by atoms with Gasteiger partial charge in [-0.15, -0.1) is 0 Å². The van der Waals surface area contributed by atoms with Crippen molar-refractivity contribution in [2.45, 2.75) is 43.5 Å². The molecule has 3 N–H and O–H groups in total. The van der Waals surface area contributed by atoms with E-state index >= 15 is 0 Å². The highest BCUT2D eigenvalue weighted by Gasteiger charge is 2.66. The smallest absolute Gasteiger partial charge is 0.225 e. The molecule has 1 aliphatic carbocycles. The molecule has 0 radical (unpaired) electrons. The van der Waals surface area contributed by atoms with E-state index in [1.807, 2.05) is 27.7 Å². The second-order valence-corrected chi connectivity index (χ2v) is 9.79. The summed E-state index contributed by atoms with van der Waals surface area (Å²) >= 11 is 0. The van der Waals surface area contributed by atoms with Crippen molar-refractivity contribution in [2.24, 2.45) is 16.0 Å². The Labute approximate surface area is 125 Å². The van der Waals surface area contributed by atoms with E-state index in [4.69, 9.17) is 5.14 Å². The number of hydrogen-bond donors (Lipinski definition) is 2. The Morgan fingerprint density at radius 2 is 1.48 bits per heavy atom. The Hall–Kier alpha value is -0.960. The molecule has 118 valence electrons. The van der Waals surface area contributed by atoms with Gasteiger partial charge in [-0.3, -0.25) is 0 Å². The highest BCUT2D eigenvalue weighted by Crippen LogP contribution is 2.62. The molecule has 0 heterocycles. The van der Waals surface area contributed by atoms with Crippen molar-refractivity contribution in [1.29, 1.82) is 0 Å². The highest BCUT2D eigenvalue weighted by molar-refractivity contribution is 7.90. The number of nitrogens with one attached hydrogen (secondary N) is 1. The van der Waals surface area contributed by atoms with E-state index in [0.717, 1.165) is 6.07 Å². The summed E-state index contributed by atoms with van der Waals surface area (Å²) in [4.78, 5) is -0.327. The summed E-state index contributed by atoms with van der Waals surface area (Å²) in [7, 11) is -7.73. The third-order valence-corrected chi connectivity index (χ3v) is 7.07. The van der Waals surface area contributed by atoms with Gasteiger partial charge in [-0.2, -0.15) is 0 Å². The van der Waals surface area contributed by atoms with E-state index in [-0.39, 0.29) is 26.7 Å². The lowest BCUT2D eigenvalue weighted by molar-refractivity contribution is 0.457. The first-order valence-electron chi connectivity index (χ1n) is 6.45. The monoisotopic (exact) mass is 332 g/mol. The normalized spacial score (nSPS) is 21.2. The zero-order valence-electron chi connectivity index (χ0n) is 12.4. The fraction of sp³-hybridized carbons (Fsp3) is 0.538. The summed E-state index contributed by atoms with van der Waals surface area (Å²) in [6, 6.07) is 4.84. The minimum absolute atomic E-state index is 0.104. The molecule has 6 nitrogen and oxygen atoms in total. The highest BCUT2D eigenvalue weighted by atomic mass is 32.2. The fourth-order valence-corrected chi connectivity index (χ4v) is 4.74. The summed E-state index contributed by atoms with van der Waals surface area (Å²) in [6.07, 6.45) is 0. The van der Waals surface area contributed by atoms with Crippen LogP contribution in [0.3, 0.4) is 0 Å². The molecule has 0 aromatic heterocycles. The third kappa shape index (κ3) is 2.73. The van der Waals surface area contributed by atoms with Crippen molar-refractivity contribution in [3.8, 4) is 0 Å². The Balaban J connectivity index is 2.35. The standard InChI is InChI=1S/C13H20N2O4S2/c1-12(2)11(13(12,3)4)15-21(18,19)10-7-5-6-9(8-10)20(14,16)17/h5-8,11,15H,1-4H3,(H2,14,16,17). The van der Waals surface area contributed by atoms with Crippen LogP contribution in [0.1, 0.15) is 27.7 Å². The van der Waals surface area contributed by atoms with Crippen LogP contribution in [-0.4, -0.2) is 22.9 Å². The Morgan fingerprint density at radius 3 is 1.90 bits per heavy atom. The lowest BCUT2D eigenvalue weighted by Crippen LogP contribution is -2.30. The summed E-state index contributed by atoms with van der Waals surface area (Å²) in [5.74, 6) is 0. The summed E-state index contributed by atoms with van der Waals surface area (Å²) < 4.78 is 50.1. The first-order valence-corrected chi connectivity index (χ1v) is 9.48. The van der Waals surface area contributed by atoms with Gasteiger partial charge >= 0.3 is 0 Å². The maximum Gasteiger partial charge on any atom is 0.240 e. The van der Waals surface area contributed by atoms with Crippen molar-refractivity contribution in [3.05, 3.63) is 24.3 Å².